The third-order valence-electron chi connectivity index (χ3n) is 2.80. The monoisotopic (exact) mass is 279 g/mol. The Bertz CT molecular complexity index is 444. The van der Waals surface area contributed by atoms with Gasteiger partial charge >= 0.3 is 0 Å². The first kappa shape index (κ1) is 16.3. The van der Waals surface area contributed by atoms with E-state index in [0.717, 1.165) is 11.3 Å². The molecule has 2 N–H and O–H groups in total. The summed E-state index contributed by atoms with van der Waals surface area (Å²) in [5.74, 6) is 1.29. The minimum atomic E-state index is -0.176. The highest BCUT2D eigenvalue weighted by atomic mass is 16.5. The maximum atomic E-state index is 5.95. The first-order valence-corrected chi connectivity index (χ1v) is 6.71. The van der Waals surface area contributed by atoms with Crippen LogP contribution in [0.15, 0.2) is 29.3 Å². The quantitative estimate of drug-likeness (QED) is 0.639. The lowest BCUT2D eigenvalue weighted by Gasteiger charge is -2.22. The van der Waals surface area contributed by atoms with Crippen molar-refractivity contribution in [2.24, 2.45) is 10.7 Å². The van der Waals surface area contributed by atoms with E-state index in [0.29, 0.717) is 12.5 Å². The molecule has 0 aliphatic heterocycles. The lowest BCUT2D eigenvalue weighted by Crippen LogP contribution is -2.31. The number of aliphatic imine (C=N–C) groups is 1. The summed E-state index contributed by atoms with van der Waals surface area (Å²) < 4.78 is 11.3. The molecule has 0 heterocycles. The SMILES string of the molecule is COc1ccccc1[C@@H](CN=C(N)N(C)C)OC(C)C. The summed E-state index contributed by atoms with van der Waals surface area (Å²) >= 11 is 0. The average Bonchev–Trinajstić information content (AvgIpc) is 2.42. The van der Waals surface area contributed by atoms with Crippen LogP contribution in [0.2, 0.25) is 0 Å². The summed E-state index contributed by atoms with van der Waals surface area (Å²) in [5.41, 5.74) is 6.82. The average molecular weight is 279 g/mol. The number of nitrogens with zero attached hydrogens (tertiary/aromatic N) is 2. The van der Waals surface area contributed by atoms with Crippen molar-refractivity contribution in [2.75, 3.05) is 27.7 Å². The van der Waals surface area contributed by atoms with Gasteiger partial charge in [0.15, 0.2) is 5.96 Å². The van der Waals surface area contributed by atoms with E-state index in [4.69, 9.17) is 15.2 Å². The van der Waals surface area contributed by atoms with Gasteiger partial charge < -0.3 is 20.1 Å². The second kappa shape index (κ2) is 7.75. The Kier molecular flexibility index (Phi) is 6.31. The van der Waals surface area contributed by atoms with Crippen LogP contribution in [-0.2, 0) is 4.74 Å². The molecule has 0 saturated carbocycles. The van der Waals surface area contributed by atoms with Gasteiger partial charge in [-0.2, -0.15) is 0 Å². The van der Waals surface area contributed by atoms with Crippen LogP contribution in [0.25, 0.3) is 0 Å². The third-order valence-corrected chi connectivity index (χ3v) is 2.80. The minimum absolute atomic E-state index is 0.0979. The smallest absolute Gasteiger partial charge is 0.190 e. The molecule has 20 heavy (non-hydrogen) atoms. The third kappa shape index (κ3) is 4.74. The zero-order valence-corrected chi connectivity index (χ0v) is 13.0. The van der Waals surface area contributed by atoms with E-state index in [-0.39, 0.29) is 12.2 Å². The van der Waals surface area contributed by atoms with Gasteiger partial charge in [0.2, 0.25) is 0 Å². The largest absolute Gasteiger partial charge is 0.496 e. The van der Waals surface area contributed by atoms with E-state index < -0.39 is 0 Å². The van der Waals surface area contributed by atoms with Crippen LogP contribution in [0.1, 0.15) is 25.5 Å². The number of rotatable bonds is 6. The molecule has 0 fully saturated rings. The molecule has 0 aromatic heterocycles. The maximum absolute atomic E-state index is 5.95. The number of benzene rings is 1. The van der Waals surface area contributed by atoms with Gasteiger partial charge in [0.1, 0.15) is 11.9 Å². The van der Waals surface area contributed by atoms with Gasteiger partial charge in [0, 0.05) is 19.7 Å². The van der Waals surface area contributed by atoms with Gasteiger partial charge in [-0.25, -0.2) is 0 Å². The van der Waals surface area contributed by atoms with Gasteiger partial charge in [0.25, 0.3) is 0 Å². The van der Waals surface area contributed by atoms with E-state index in [1.807, 2.05) is 52.2 Å². The first-order valence-electron chi connectivity index (χ1n) is 6.71. The number of guanidine groups is 1. The van der Waals surface area contributed by atoms with Crippen molar-refractivity contribution in [2.45, 2.75) is 26.1 Å². The summed E-state index contributed by atoms with van der Waals surface area (Å²) in [6.07, 6.45) is -0.0784. The van der Waals surface area contributed by atoms with Crippen LogP contribution >= 0.6 is 0 Å². The van der Waals surface area contributed by atoms with E-state index in [1.54, 1.807) is 12.0 Å². The molecule has 5 heteroatoms. The first-order chi connectivity index (χ1) is 9.45. The van der Waals surface area contributed by atoms with Crippen molar-refractivity contribution in [3.63, 3.8) is 0 Å². The Morgan fingerprint density at radius 3 is 2.50 bits per heavy atom. The molecule has 0 radical (unpaired) electrons. The van der Waals surface area contributed by atoms with Crippen molar-refractivity contribution < 1.29 is 9.47 Å². The van der Waals surface area contributed by atoms with Crippen molar-refractivity contribution in [3.05, 3.63) is 29.8 Å². The van der Waals surface area contributed by atoms with Crippen LogP contribution in [-0.4, -0.2) is 44.7 Å². The zero-order chi connectivity index (χ0) is 15.1. The molecule has 1 aromatic rings. The van der Waals surface area contributed by atoms with Crippen LogP contribution in [0.5, 0.6) is 5.75 Å². The van der Waals surface area contributed by atoms with E-state index in [1.165, 1.54) is 0 Å². The lowest BCUT2D eigenvalue weighted by atomic mass is 10.1. The van der Waals surface area contributed by atoms with Crippen molar-refractivity contribution in [3.8, 4) is 5.75 Å². The normalized spacial score (nSPS) is 13.4. The van der Waals surface area contributed by atoms with E-state index in [9.17, 15) is 0 Å². The second-order valence-electron chi connectivity index (χ2n) is 5.01. The number of nitrogens with two attached hydrogens (primary N) is 1. The standard InChI is InChI=1S/C15H25N3O2/c1-11(2)20-14(10-17-15(16)18(3)4)12-8-6-7-9-13(12)19-5/h6-9,11,14H,10H2,1-5H3,(H2,16,17)/t14-/m1/s1. The molecule has 0 amide bonds. The fourth-order valence-corrected chi connectivity index (χ4v) is 1.79. The molecular weight excluding hydrogens is 254 g/mol. The molecule has 5 nitrogen and oxygen atoms in total. The fourth-order valence-electron chi connectivity index (χ4n) is 1.79. The van der Waals surface area contributed by atoms with Gasteiger partial charge in [-0.3, -0.25) is 4.99 Å². The molecule has 0 spiro atoms. The Morgan fingerprint density at radius 1 is 1.30 bits per heavy atom. The Balaban J connectivity index is 2.97. The number of hydrogen-bond donors (Lipinski definition) is 1. The van der Waals surface area contributed by atoms with Crippen LogP contribution in [0, 0.1) is 0 Å². The van der Waals surface area contributed by atoms with Crippen LogP contribution in [0.3, 0.4) is 0 Å². The van der Waals surface area contributed by atoms with Gasteiger partial charge in [0.05, 0.1) is 19.8 Å². The molecule has 0 bridgehead atoms. The Labute approximate surface area is 121 Å². The van der Waals surface area contributed by atoms with E-state index in [2.05, 4.69) is 4.99 Å². The Hall–Kier alpha value is -1.75. The molecule has 1 aromatic carbocycles. The second-order valence-corrected chi connectivity index (χ2v) is 5.01. The number of hydrogen-bond acceptors (Lipinski definition) is 3. The highest BCUT2D eigenvalue weighted by Gasteiger charge is 2.18. The minimum Gasteiger partial charge on any atom is -0.496 e. The predicted octanol–water partition coefficient (Wildman–Crippen LogP) is 2.04. The lowest BCUT2D eigenvalue weighted by molar-refractivity contribution is 0.0109. The summed E-state index contributed by atoms with van der Waals surface area (Å²) in [7, 11) is 5.38. The topological polar surface area (TPSA) is 60.1 Å². The van der Waals surface area contributed by atoms with Gasteiger partial charge in [-0.05, 0) is 19.9 Å². The number of methoxy groups -OCH3 is 1. The molecule has 1 rings (SSSR count). The molecule has 0 saturated heterocycles. The summed E-state index contributed by atoms with van der Waals surface area (Å²) in [6.45, 7) is 4.46. The highest BCUT2D eigenvalue weighted by Crippen LogP contribution is 2.28. The molecule has 112 valence electrons. The molecule has 0 unspecified atom stereocenters. The van der Waals surface area contributed by atoms with Crippen LogP contribution < -0.4 is 10.5 Å². The number of ether oxygens (including phenoxy) is 2. The fraction of sp³-hybridized carbons (Fsp3) is 0.533. The van der Waals surface area contributed by atoms with E-state index >= 15 is 0 Å². The maximum Gasteiger partial charge on any atom is 0.190 e. The summed E-state index contributed by atoms with van der Waals surface area (Å²) in [5, 5.41) is 0. The Morgan fingerprint density at radius 2 is 1.95 bits per heavy atom. The molecule has 1 atom stereocenters. The van der Waals surface area contributed by atoms with Crippen molar-refractivity contribution in [1.29, 1.82) is 0 Å². The number of para-hydroxylation sites is 1. The predicted molar refractivity (Wildman–Crippen MR) is 82.1 cm³/mol. The zero-order valence-electron chi connectivity index (χ0n) is 13.0. The van der Waals surface area contributed by atoms with Crippen LogP contribution in [0.4, 0.5) is 0 Å². The molecule has 0 aliphatic rings. The van der Waals surface area contributed by atoms with Gasteiger partial charge in [-0.1, -0.05) is 18.2 Å². The van der Waals surface area contributed by atoms with Crippen molar-refractivity contribution in [1.82, 2.24) is 4.90 Å². The van der Waals surface area contributed by atoms with Crippen molar-refractivity contribution >= 4 is 5.96 Å². The van der Waals surface area contributed by atoms with Gasteiger partial charge in [-0.15, -0.1) is 0 Å². The highest BCUT2D eigenvalue weighted by molar-refractivity contribution is 5.77. The molecule has 0 aliphatic carbocycles. The summed E-state index contributed by atoms with van der Waals surface area (Å²) in [4.78, 5) is 6.14. The molecular formula is C15H25N3O2. The summed E-state index contributed by atoms with van der Waals surface area (Å²) in [6, 6.07) is 7.82.